The molecule has 1 atom stereocenters. The standard InChI is InChI=1S/C13H18N2O4/c1-2-18-12(16)8-11-13(17)14-5-6-15(11)9-10-4-3-7-19-10/h3-4,7,11H,2,5-6,8-9H2,1H3,(H,14,17). The van der Waals surface area contributed by atoms with Crippen LogP contribution in [-0.2, 0) is 20.9 Å². The number of amides is 1. The van der Waals surface area contributed by atoms with Crippen LogP contribution in [0.5, 0.6) is 0 Å². The van der Waals surface area contributed by atoms with E-state index in [2.05, 4.69) is 5.32 Å². The summed E-state index contributed by atoms with van der Waals surface area (Å²) in [6.45, 7) is 3.87. The molecule has 0 aliphatic carbocycles. The highest BCUT2D eigenvalue weighted by Crippen LogP contribution is 2.14. The van der Waals surface area contributed by atoms with E-state index in [1.165, 1.54) is 0 Å². The van der Waals surface area contributed by atoms with Crippen molar-refractivity contribution >= 4 is 11.9 Å². The fourth-order valence-corrected chi connectivity index (χ4v) is 2.15. The normalized spacial score (nSPS) is 20.1. The Labute approximate surface area is 111 Å². The molecular formula is C13H18N2O4. The quantitative estimate of drug-likeness (QED) is 0.787. The topological polar surface area (TPSA) is 71.8 Å². The third kappa shape index (κ3) is 3.57. The van der Waals surface area contributed by atoms with Crippen molar-refractivity contribution in [1.29, 1.82) is 0 Å². The van der Waals surface area contributed by atoms with Crippen molar-refractivity contribution in [3.8, 4) is 0 Å². The number of carbonyl (C=O) groups is 2. The Morgan fingerprint density at radius 2 is 2.47 bits per heavy atom. The molecule has 1 saturated heterocycles. The van der Waals surface area contributed by atoms with Crippen LogP contribution in [0.1, 0.15) is 19.1 Å². The van der Waals surface area contributed by atoms with Crippen LogP contribution in [0.2, 0.25) is 0 Å². The van der Waals surface area contributed by atoms with Crippen LogP contribution in [0.25, 0.3) is 0 Å². The predicted octanol–water partition coefficient (Wildman–Crippen LogP) is 0.533. The van der Waals surface area contributed by atoms with Gasteiger partial charge in [0.2, 0.25) is 5.91 Å². The summed E-state index contributed by atoms with van der Waals surface area (Å²) in [5.41, 5.74) is 0. The number of ether oxygens (including phenoxy) is 1. The van der Waals surface area contributed by atoms with Gasteiger partial charge >= 0.3 is 5.97 Å². The molecule has 1 aliphatic heterocycles. The molecule has 1 aliphatic rings. The number of nitrogens with zero attached hydrogens (tertiary/aromatic N) is 1. The summed E-state index contributed by atoms with van der Waals surface area (Å²) in [5.74, 6) is 0.295. The average Bonchev–Trinajstić information content (AvgIpc) is 2.87. The molecule has 19 heavy (non-hydrogen) atoms. The van der Waals surface area contributed by atoms with Gasteiger partial charge < -0.3 is 14.5 Å². The second-order valence-electron chi connectivity index (χ2n) is 4.37. The van der Waals surface area contributed by atoms with E-state index in [0.717, 1.165) is 5.76 Å². The lowest BCUT2D eigenvalue weighted by Crippen LogP contribution is -2.55. The largest absolute Gasteiger partial charge is 0.468 e. The van der Waals surface area contributed by atoms with Gasteiger partial charge in [-0.05, 0) is 19.1 Å². The first-order valence-electron chi connectivity index (χ1n) is 6.40. The van der Waals surface area contributed by atoms with Gasteiger partial charge in [-0.15, -0.1) is 0 Å². The van der Waals surface area contributed by atoms with Gasteiger partial charge in [-0.3, -0.25) is 14.5 Å². The summed E-state index contributed by atoms with van der Waals surface area (Å²) >= 11 is 0. The van der Waals surface area contributed by atoms with Crippen LogP contribution < -0.4 is 5.32 Å². The lowest BCUT2D eigenvalue weighted by molar-refractivity contribution is -0.148. The first kappa shape index (κ1) is 13.6. The third-order valence-corrected chi connectivity index (χ3v) is 3.05. The van der Waals surface area contributed by atoms with Crippen LogP contribution in [0.3, 0.4) is 0 Å². The highest BCUT2D eigenvalue weighted by atomic mass is 16.5. The van der Waals surface area contributed by atoms with Crippen LogP contribution in [0.15, 0.2) is 22.8 Å². The van der Waals surface area contributed by atoms with Crippen molar-refractivity contribution in [2.75, 3.05) is 19.7 Å². The van der Waals surface area contributed by atoms with Crippen molar-refractivity contribution in [2.24, 2.45) is 0 Å². The molecule has 1 fully saturated rings. The summed E-state index contributed by atoms with van der Waals surface area (Å²) in [5, 5.41) is 2.77. The van der Waals surface area contributed by atoms with Crippen LogP contribution in [0, 0.1) is 0 Å². The lowest BCUT2D eigenvalue weighted by Gasteiger charge is -2.33. The molecule has 1 aromatic heterocycles. The molecule has 6 heteroatoms. The second-order valence-corrected chi connectivity index (χ2v) is 4.37. The number of carbonyl (C=O) groups excluding carboxylic acids is 2. The minimum absolute atomic E-state index is 0.0698. The maximum atomic E-state index is 11.9. The first-order chi connectivity index (χ1) is 9.20. The van der Waals surface area contributed by atoms with E-state index in [-0.39, 0.29) is 18.3 Å². The zero-order chi connectivity index (χ0) is 13.7. The number of rotatable bonds is 5. The Kier molecular flexibility index (Phi) is 4.57. The third-order valence-electron chi connectivity index (χ3n) is 3.05. The Hall–Kier alpha value is -1.82. The summed E-state index contributed by atoms with van der Waals surface area (Å²) in [6.07, 6.45) is 1.67. The Morgan fingerprint density at radius 1 is 1.63 bits per heavy atom. The summed E-state index contributed by atoms with van der Waals surface area (Å²) in [7, 11) is 0. The van der Waals surface area contributed by atoms with E-state index in [1.54, 1.807) is 19.3 Å². The Morgan fingerprint density at radius 3 is 3.16 bits per heavy atom. The monoisotopic (exact) mass is 266 g/mol. The Bertz CT molecular complexity index is 430. The number of hydrogen-bond acceptors (Lipinski definition) is 5. The molecular weight excluding hydrogens is 248 g/mol. The molecule has 1 amide bonds. The number of piperazine rings is 1. The Balaban J connectivity index is 2.01. The van der Waals surface area contributed by atoms with Gasteiger partial charge in [-0.25, -0.2) is 0 Å². The van der Waals surface area contributed by atoms with E-state index in [1.807, 2.05) is 11.0 Å². The van der Waals surface area contributed by atoms with Crippen molar-refractivity contribution in [2.45, 2.75) is 25.9 Å². The average molecular weight is 266 g/mol. The van der Waals surface area contributed by atoms with Gasteiger partial charge in [-0.2, -0.15) is 0 Å². The number of esters is 1. The molecule has 0 radical (unpaired) electrons. The van der Waals surface area contributed by atoms with E-state index in [4.69, 9.17) is 9.15 Å². The van der Waals surface area contributed by atoms with Crippen molar-refractivity contribution < 1.29 is 18.7 Å². The predicted molar refractivity (Wildman–Crippen MR) is 67.2 cm³/mol. The minimum Gasteiger partial charge on any atom is -0.468 e. The smallest absolute Gasteiger partial charge is 0.307 e. The van der Waals surface area contributed by atoms with E-state index >= 15 is 0 Å². The number of hydrogen-bond donors (Lipinski definition) is 1. The number of nitrogens with one attached hydrogen (secondary N) is 1. The minimum atomic E-state index is -0.488. The molecule has 2 rings (SSSR count). The molecule has 1 N–H and O–H groups in total. The van der Waals surface area contributed by atoms with E-state index < -0.39 is 6.04 Å². The van der Waals surface area contributed by atoms with Gasteiger partial charge in [0.25, 0.3) is 0 Å². The highest BCUT2D eigenvalue weighted by molar-refractivity contribution is 5.87. The zero-order valence-corrected chi connectivity index (χ0v) is 10.9. The van der Waals surface area contributed by atoms with Crippen LogP contribution in [-0.4, -0.2) is 42.5 Å². The molecule has 0 spiro atoms. The SMILES string of the molecule is CCOC(=O)CC1C(=O)NCCN1Cc1ccco1. The molecule has 0 saturated carbocycles. The molecule has 6 nitrogen and oxygen atoms in total. The lowest BCUT2D eigenvalue weighted by atomic mass is 10.1. The molecule has 104 valence electrons. The van der Waals surface area contributed by atoms with Crippen molar-refractivity contribution in [1.82, 2.24) is 10.2 Å². The fourth-order valence-electron chi connectivity index (χ4n) is 2.15. The van der Waals surface area contributed by atoms with Crippen LogP contribution in [0.4, 0.5) is 0 Å². The van der Waals surface area contributed by atoms with Gasteiger partial charge in [0.1, 0.15) is 11.8 Å². The summed E-state index contributed by atoms with van der Waals surface area (Å²) < 4.78 is 10.2. The molecule has 1 unspecified atom stereocenters. The highest BCUT2D eigenvalue weighted by Gasteiger charge is 2.32. The molecule has 0 bridgehead atoms. The maximum absolute atomic E-state index is 11.9. The second kappa shape index (κ2) is 6.38. The molecule has 0 aromatic carbocycles. The van der Waals surface area contributed by atoms with Crippen LogP contribution >= 0.6 is 0 Å². The fraction of sp³-hybridized carbons (Fsp3) is 0.538. The zero-order valence-electron chi connectivity index (χ0n) is 10.9. The number of furan rings is 1. The van der Waals surface area contributed by atoms with Gasteiger partial charge in [0.05, 0.1) is 25.8 Å². The van der Waals surface area contributed by atoms with Crippen molar-refractivity contribution in [3.63, 3.8) is 0 Å². The van der Waals surface area contributed by atoms with Gasteiger partial charge in [0.15, 0.2) is 0 Å². The van der Waals surface area contributed by atoms with Crippen molar-refractivity contribution in [3.05, 3.63) is 24.2 Å². The molecule has 2 heterocycles. The molecule has 1 aromatic rings. The van der Waals surface area contributed by atoms with E-state index in [9.17, 15) is 9.59 Å². The van der Waals surface area contributed by atoms with E-state index in [0.29, 0.717) is 26.2 Å². The maximum Gasteiger partial charge on any atom is 0.307 e. The summed E-state index contributed by atoms with van der Waals surface area (Å²) in [6, 6.07) is 3.17. The van der Waals surface area contributed by atoms with Gasteiger partial charge in [0, 0.05) is 13.1 Å². The summed E-state index contributed by atoms with van der Waals surface area (Å²) in [4.78, 5) is 25.4. The van der Waals surface area contributed by atoms with Gasteiger partial charge in [-0.1, -0.05) is 0 Å². The first-order valence-corrected chi connectivity index (χ1v) is 6.40.